The Kier molecular flexibility index (Phi) is 5.90. The van der Waals surface area contributed by atoms with Crippen molar-refractivity contribution >= 4 is 5.78 Å². The molecule has 0 saturated heterocycles. The first kappa shape index (κ1) is 14.4. The maximum atomic E-state index is 12.5. The topological polar surface area (TPSA) is 20.3 Å². The molecule has 0 N–H and O–H groups in total. The molecule has 0 spiro atoms. The van der Waals surface area contributed by atoms with E-state index in [0.29, 0.717) is 5.78 Å². The zero-order valence-corrected chi connectivity index (χ0v) is 11.5. The van der Waals surface area contributed by atoms with Crippen LogP contribution in [0.1, 0.15) is 58.8 Å². The van der Waals surface area contributed by atoms with E-state index in [-0.39, 0.29) is 5.54 Å². The third-order valence-corrected chi connectivity index (χ3v) is 4.13. The van der Waals surface area contributed by atoms with E-state index in [0.717, 1.165) is 45.2 Å². The molecule has 0 heterocycles. The van der Waals surface area contributed by atoms with Crippen LogP contribution in [0.2, 0.25) is 0 Å². The van der Waals surface area contributed by atoms with E-state index >= 15 is 0 Å². The van der Waals surface area contributed by atoms with Crippen LogP contribution < -0.4 is 0 Å². The van der Waals surface area contributed by atoms with Crippen LogP contribution in [0.4, 0.5) is 0 Å². The number of likely N-dealkylation sites (N-methyl/N-ethyl adjacent to an activating group) is 1. The molecule has 2 heteroatoms. The Balaban J connectivity index is 2.69. The van der Waals surface area contributed by atoms with Crippen LogP contribution in [0.5, 0.6) is 0 Å². The minimum absolute atomic E-state index is 0.120. The van der Waals surface area contributed by atoms with Crippen LogP contribution in [-0.4, -0.2) is 29.3 Å². The lowest BCUT2D eigenvalue weighted by Crippen LogP contribution is -2.52. The lowest BCUT2D eigenvalue weighted by atomic mass is 9.86. The van der Waals surface area contributed by atoms with Crippen LogP contribution in [0, 0.1) is 0 Å². The minimum Gasteiger partial charge on any atom is -0.298 e. The zero-order chi connectivity index (χ0) is 12.7. The fraction of sp³-hybridized carbons (Fsp3) is 0.800. The molecular weight excluding hydrogens is 210 g/mol. The number of hydrogen-bond donors (Lipinski definition) is 0. The molecule has 0 aromatic rings. The van der Waals surface area contributed by atoms with Gasteiger partial charge in [0.15, 0.2) is 5.78 Å². The SMILES string of the molecule is C=CCCCC(=O)C1(N(CC)CC)CCCC1. The van der Waals surface area contributed by atoms with Gasteiger partial charge in [0.2, 0.25) is 0 Å². The Hall–Kier alpha value is -0.630. The normalized spacial score (nSPS) is 18.5. The van der Waals surface area contributed by atoms with Crippen molar-refractivity contribution in [2.75, 3.05) is 13.1 Å². The molecule has 1 fully saturated rings. The van der Waals surface area contributed by atoms with E-state index in [1.54, 1.807) is 0 Å². The Morgan fingerprint density at radius 3 is 2.35 bits per heavy atom. The quantitative estimate of drug-likeness (QED) is 0.475. The summed E-state index contributed by atoms with van der Waals surface area (Å²) in [6.45, 7) is 10.0. The number of nitrogens with zero attached hydrogens (tertiary/aromatic N) is 1. The van der Waals surface area contributed by atoms with E-state index in [1.807, 2.05) is 6.08 Å². The highest BCUT2D eigenvalue weighted by Gasteiger charge is 2.43. The summed E-state index contributed by atoms with van der Waals surface area (Å²) in [5.41, 5.74) is -0.120. The summed E-state index contributed by atoms with van der Waals surface area (Å²) in [7, 11) is 0. The first-order valence-electron chi connectivity index (χ1n) is 7.10. The number of allylic oxidation sites excluding steroid dienone is 1. The second-order valence-electron chi connectivity index (χ2n) is 5.02. The number of hydrogen-bond acceptors (Lipinski definition) is 2. The third-order valence-electron chi connectivity index (χ3n) is 4.13. The van der Waals surface area contributed by atoms with Crippen LogP contribution in [0.25, 0.3) is 0 Å². The van der Waals surface area contributed by atoms with Crippen molar-refractivity contribution in [3.63, 3.8) is 0 Å². The predicted octanol–water partition coefficient (Wildman–Crippen LogP) is 3.57. The van der Waals surface area contributed by atoms with Crippen LogP contribution in [0.3, 0.4) is 0 Å². The molecular formula is C15H27NO. The largest absolute Gasteiger partial charge is 0.298 e. The molecule has 0 aromatic carbocycles. The number of carbonyl (C=O) groups is 1. The molecule has 0 atom stereocenters. The summed E-state index contributed by atoms with van der Waals surface area (Å²) in [4.78, 5) is 14.9. The molecule has 1 rings (SSSR count). The summed E-state index contributed by atoms with van der Waals surface area (Å²) in [5, 5.41) is 0. The maximum absolute atomic E-state index is 12.5. The van der Waals surface area contributed by atoms with Crippen molar-refractivity contribution in [3.05, 3.63) is 12.7 Å². The lowest BCUT2D eigenvalue weighted by Gasteiger charge is -2.39. The summed E-state index contributed by atoms with van der Waals surface area (Å²) in [6, 6.07) is 0. The van der Waals surface area contributed by atoms with Gasteiger partial charge in [-0.15, -0.1) is 6.58 Å². The second-order valence-corrected chi connectivity index (χ2v) is 5.02. The average molecular weight is 237 g/mol. The Labute approximate surface area is 106 Å². The van der Waals surface area contributed by atoms with Gasteiger partial charge in [0, 0.05) is 6.42 Å². The molecule has 0 radical (unpaired) electrons. The fourth-order valence-corrected chi connectivity index (χ4v) is 3.20. The smallest absolute Gasteiger partial charge is 0.153 e. The van der Waals surface area contributed by atoms with Gasteiger partial charge in [-0.2, -0.15) is 0 Å². The number of rotatable bonds is 8. The second kappa shape index (κ2) is 6.95. The summed E-state index contributed by atoms with van der Waals surface area (Å²) < 4.78 is 0. The molecule has 0 aliphatic heterocycles. The average Bonchev–Trinajstić information content (AvgIpc) is 2.81. The van der Waals surface area contributed by atoms with Gasteiger partial charge in [0.05, 0.1) is 5.54 Å². The molecule has 1 aliphatic rings. The van der Waals surface area contributed by atoms with E-state index in [2.05, 4.69) is 25.3 Å². The molecule has 1 saturated carbocycles. The lowest BCUT2D eigenvalue weighted by molar-refractivity contribution is -0.131. The Morgan fingerprint density at radius 2 is 1.88 bits per heavy atom. The predicted molar refractivity (Wildman–Crippen MR) is 73.2 cm³/mol. The molecule has 17 heavy (non-hydrogen) atoms. The van der Waals surface area contributed by atoms with Crippen molar-refractivity contribution in [1.82, 2.24) is 4.90 Å². The van der Waals surface area contributed by atoms with Gasteiger partial charge in [-0.3, -0.25) is 9.69 Å². The summed E-state index contributed by atoms with van der Waals surface area (Å²) in [6.07, 6.45) is 9.12. The highest BCUT2D eigenvalue weighted by atomic mass is 16.1. The van der Waals surface area contributed by atoms with E-state index in [9.17, 15) is 4.79 Å². The van der Waals surface area contributed by atoms with Gasteiger partial charge in [-0.05, 0) is 38.8 Å². The third kappa shape index (κ3) is 3.19. The van der Waals surface area contributed by atoms with E-state index in [1.165, 1.54) is 12.8 Å². The van der Waals surface area contributed by atoms with Gasteiger partial charge >= 0.3 is 0 Å². The van der Waals surface area contributed by atoms with Crippen molar-refractivity contribution < 1.29 is 4.79 Å². The molecule has 0 aromatic heterocycles. The molecule has 98 valence electrons. The van der Waals surface area contributed by atoms with Gasteiger partial charge in [0.1, 0.15) is 0 Å². The van der Waals surface area contributed by atoms with Gasteiger partial charge in [-0.25, -0.2) is 0 Å². The number of unbranched alkanes of at least 4 members (excludes halogenated alkanes) is 1. The molecule has 1 aliphatic carbocycles. The van der Waals surface area contributed by atoms with Crippen molar-refractivity contribution in [3.8, 4) is 0 Å². The molecule has 0 bridgehead atoms. The zero-order valence-electron chi connectivity index (χ0n) is 11.5. The Bertz CT molecular complexity index is 250. The standard InChI is InChI=1S/C15H27NO/c1-4-7-8-11-14(17)15(12-9-10-13-15)16(5-2)6-3/h4H,1,5-13H2,2-3H3. The van der Waals surface area contributed by atoms with E-state index < -0.39 is 0 Å². The first-order chi connectivity index (χ1) is 8.21. The van der Waals surface area contributed by atoms with Crippen molar-refractivity contribution in [1.29, 1.82) is 0 Å². The molecule has 0 unspecified atom stereocenters. The minimum atomic E-state index is -0.120. The highest BCUT2D eigenvalue weighted by Crippen LogP contribution is 2.37. The summed E-state index contributed by atoms with van der Waals surface area (Å²) >= 11 is 0. The van der Waals surface area contributed by atoms with Gasteiger partial charge in [-0.1, -0.05) is 32.8 Å². The number of ketones is 1. The Morgan fingerprint density at radius 1 is 1.29 bits per heavy atom. The first-order valence-corrected chi connectivity index (χ1v) is 7.10. The maximum Gasteiger partial charge on any atom is 0.153 e. The molecule has 0 amide bonds. The highest BCUT2D eigenvalue weighted by molar-refractivity contribution is 5.88. The van der Waals surface area contributed by atoms with Crippen LogP contribution in [0.15, 0.2) is 12.7 Å². The monoisotopic (exact) mass is 237 g/mol. The summed E-state index contributed by atoms with van der Waals surface area (Å²) in [5.74, 6) is 0.473. The molecule has 2 nitrogen and oxygen atoms in total. The number of carbonyl (C=O) groups excluding carboxylic acids is 1. The van der Waals surface area contributed by atoms with Crippen LogP contribution in [-0.2, 0) is 4.79 Å². The van der Waals surface area contributed by atoms with Crippen molar-refractivity contribution in [2.24, 2.45) is 0 Å². The van der Waals surface area contributed by atoms with Crippen molar-refractivity contribution in [2.45, 2.75) is 64.3 Å². The number of Topliss-reactive ketones (excluding diaryl/α,β-unsaturated/α-hetero) is 1. The van der Waals surface area contributed by atoms with E-state index in [4.69, 9.17) is 0 Å². The van der Waals surface area contributed by atoms with Gasteiger partial charge in [0.25, 0.3) is 0 Å². The van der Waals surface area contributed by atoms with Crippen LogP contribution >= 0.6 is 0 Å². The fourth-order valence-electron chi connectivity index (χ4n) is 3.20. The van der Waals surface area contributed by atoms with Gasteiger partial charge < -0.3 is 0 Å².